The molecule has 0 aliphatic heterocycles. The maximum atomic E-state index is 12.2. The van der Waals surface area contributed by atoms with Crippen LogP contribution in [0, 0.1) is 17.0 Å². The van der Waals surface area contributed by atoms with E-state index in [1.807, 2.05) is 6.07 Å². The molecular formula is C16H15ClN2O4. The number of methoxy groups -OCH3 is 1. The van der Waals surface area contributed by atoms with E-state index in [0.29, 0.717) is 16.3 Å². The quantitative estimate of drug-likeness (QED) is 0.670. The number of nitrogens with one attached hydrogen (secondary N) is 1. The van der Waals surface area contributed by atoms with Gasteiger partial charge in [-0.1, -0.05) is 23.7 Å². The predicted octanol–water partition coefficient (Wildman–Crippen LogP) is 3.50. The lowest BCUT2D eigenvalue weighted by Gasteiger charge is -2.10. The van der Waals surface area contributed by atoms with E-state index in [-0.39, 0.29) is 17.8 Å². The molecule has 0 aliphatic rings. The molecule has 0 aromatic heterocycles. The van der Waals surface area contributed by atoms with Gasteiger partial charge in [0.05, 0.1) is 17.6 Å². The van der Waals surface area contributed by atoms with Crippen LogP contribution in [0.3, 0.4) is 0 Å². The van der Waals surface area contributed by atoms with Gasteiger partial charge in [0.25, 0.3) is 11.6 Å². The summed E-state index contributed by atoms with van der Waals surface area (Å²) in [6.45, 7) is 1.84. The Morgan fingerprint density at radius 2 is 2.09 bits per heavy atom. The lowest BCUT2D eigenvalue weighted by Crippen LogP contribution is -2.23. The average Bonchev–Trinajstić information content (AvgIpc) is 2.52. The molecule has 0 radical (unpaired) electrons. The molecule has 23 heavy (non-hydrogen) atoms. The number of nitro groups is 1. The number of rotatable bonds is 5. The summed E-state index contributed by atoms with van der Waals surface area (Å²) >= 11 is 5.89. The van der Waals surface area contributed by atoms with Crippen LogP contribution in [0.4, 0.5) is 5.69 Å². The van der Waals surface area contributed by atoms with Gasteiger partial charge >= 0.3 is 0 Å². The Hall–Kier alpha value is -2.60. The molecule has 120 valence electrons. The van der Waals surface area contributed by atoms with E-state index in [1.54, 1.807) is 25.1 Å². The van der Waals surface area contributed by atoms with Crippen molar-refractivity contribution in [3.8, 4) is 5.75 Å². The second-order valence-electron chi connectivity index (χ2n) is 4.89. The highest BCUT2D eigenvalue weighted by molar-refractivity contribution is 6.30. The number of benzene rings is 2. The van der Waals surface area contributed by atoms with Crippen LogP contribution in [0.25, 0.3) is 0 Å². The number of ether oxygens (including phenoxy) is 1. The Balaban J connectivity index is 2.22. The topological polar surface area (TPSA) is 81.5 Å². The third-order valence-electron chi connectivity index (χ3n) is 3.35. The summed E-state index contributed by atoms with van der Waals surface area (Å²) in [5.74, 6) is -0.126. The zero-order valence-electron chi connectivity index (χ0n) is 12.6. The molecule has 2 aromatic carbocycles. The van der Waals surface area contributed by atoms with Gasteiger partial charge in [-0.3, -0.25) is 14.9 Å². The Morgan fingerprint density at radius 1 is 1.35 bits per heavy atom. The van der Waals surface area contributed by atoms with Crippen molar-refractivity contribution < 1.29 is 14.5 Å². The summed E-state index contributed by atoms with van der Waals surface area (Å²) in [5.41, 5.74) is 1.22. The zero-order valence-corrected chi connectivity index (χ0v) is 13.4. The van der Waals surface area contributed by atoms with Crippen LogP contribution in [0.5, 0.6) is 5.75 Å². The summed E-state index contributed by atoms with van der Waals surface area (Å²) in [5, 5.41) is 14.4. The summed E-state index contributed by atoms with van der Waals surface area (Å²) in [4.78, 5) is 22.8. The van der Waals surface area contributed by atoms with E-state index >= 15 is 0 Å². The first kappa shape index (κ1) is 16.8. The van der Waals surface area contributed by atoms with Crippen LogP contribution in [-0.2, 0) is 6.54 Å². The molecule has 0 saturated heterocycles. The maximum absolute atomic E-state index is 12.2. The molecule has 0 spiro atoms. The number of amides is 1. The van der Waals surface area contributed by atoms with Gasteiger partial charge in [-0.2, -0.15) is 0 Å². The minimum atomic E-state index is -0.536. The van der Waals surface area contributed by atoms with Crippen LogP contribution >= 0.6 is 11.6 Å². The second kappa shape index (κ2) is 7.11. The number of nitrogens with zero attached hydrogens (tertiary/aromatic N) is 1. The third kappa shape index (κ3) is 3.98. The molecule has 0 unspecified atom stereocenters. The molecule has 0 saturated carbocycles. The molecule has 6 nitrogen and oxygen atoms in total. The fraction of sp³-hybridized carbons (Fsp3) is 0.188. The van der Waals surface area contributed by atoms with Gasteiger partial charge in [0.15, 0.2) is 0 Å². The van der Waals surface area contributed by atoms with Crippen molar-refractivity contribution >= 4 is 23.2 Å². The van der Waals surface area contributed by atoms with Gasteiger partial charge < -0.3 is 10.1 Å². The average molecular weight is 335 g/mol. The first-order chi connectivity index (χ1) is 10.9. The van der Waals surface area contributed by atoms with Crippen LogP contribution in [-0.4, -0.2) is 17.9 Å². The molecule has 1 amide bonds. The fourth-order valence-electron chi connectivity index (χ4n) is 2.14. The SMILES string of the molecule is COc1cc(C(=O)NCc2cccc(Cl)c2)cc([N+](=O)[O-])c1C. The number of nitro benzene ring substituents is 1. The van der Waals surface area contributed by atoms with Crippen molar-refractivity contribution in [1.82, 2.24) is 5.32 Å². The Bertz CT molecular complexity index is 762. The summed E-state index contributed by atoms with van der Waals surface area (Å²) in [7, 11) is 1.40. The van der Waals surface area contributed by atoms with E-state index in [9.17, 15) is 14.9 Å². The number of hydrogen-bond acceptors (Lipinski definition) is 4. The highest BCUT2D eigenvalue weighted by Gasteiger charge is 2.19. The maximum Gasteiger partial charge on any atom is 0.276 e. The smallest absolute Gasteiger partial charge is 0.276 e. The second-order valence-corrected chi connectivity index (χ2v) is 5.33. The fourth-order valence-corrected chi connectivity index (χ4v) is 2.35. The van der Waals surface area contributed by atoms with Gasteiger partial charge in [0.1, 0.15) is 5.75 Å². The summed E-state index contributed by atoms with van der Waals surface area (Å²) in [6, 6.07) is 9.80. The van der Waals surface area contributed by atoms with Crippen LogP contribution in [0.15, 0.2) is 36.4 Å². The van der Waals surface area contributed by atoms with E-state index in [1.165, 1.54) is 19.2 Å². The van der Waals surface area contributed by atoms with Crippen LogP contribution in [0.2, 0.25) is 5.02 Å². The molecule has 0 bridgehead atoms. The van der Waals surface area contributed by atoms with Crippen LogP contribution in [0.1, 0.15) is 21.5 Å². The Morgan fingerprint density at radius 3 is 2.70 bits per heavy atom. The number of carbonyl (C=O) groups is 1. The number of hydrogen-bond donors (Lipinski definition) is 1. The lowest BCUT2D eigenvalue weighted by atomic mass is 10.1. The molecule has 0 heterocycles. The first-order valence-electron chi connectivity index (χ1n) is 6.78. The Labute approximate surface area is 138 Å². The monoisotopic (exact) mass is 334 g/mol. The minimum Gasteiger partial charge on any atom is -0.496 e. The third-order valence-corrected chi connectivity index (χ3v) is 3.59. The molecule has 0 atom stereocenters. The predicted molar refractivity (Wildman–Crippen MR) is 87.0 cm³/mol. The minimum absolute atomic E-state index is 0.155. The van der Waals surface area contributed by atoms with Crippen molar-refractivity contribution in [3.05, 3.63) is 68.2 Å². The largest absolute Gasteiger partial charge is 0.496 e. The van der Waals surface area contributed by atoms with Crippen molar-refractivity contribution in [2.45, 2.75) is 13.5 Å². The van der Waals surface area contributed by atoms with Gasteiger partial charge in [-0.25, -0.2) is 0 Å². The molecule has 0 fully saturated rings. The summed E-state index contributed by atoms with van der Waals surface area (Å²) < 4.78 is 5.10. The van der Waals surface area contributed by atoms with Gasteiger partial charge in [-0.05, 0) is 30.7 Å². The van der Waals surface area contributed by atoms with E-state index < -0.39 is 10.8 Å². The van der Waals surface area contributed by atoms with E-state index in [4.69, 9.17) is 16.3 Å². The highest BCUT2D eigenvalue weighted by atomic mass is 35.5. The number of halogens is 1. The molecule has 7 heteroatoms. The van der Waals surface area contributed by atoms with Gasteiger partial charge in [0, 0.05) is 23.2 Å². The normalized spacial score (nSPS) is 10.2. The van der Waals surface area contributed by atoms with Gasteiger partial charge in [0.2, 0.25) is 0 Å². The van der Waals surface area contributed by atoms with Crippen molar-refractivity contribution in [3.63, 3.8) is 0 Å². The molecular weight excluding hydrogens is 320 g/mol. The van der Waals surface area contributed by atoms with Crippen molar-refractivity contribution in [1.29, 1.82) is 0 Å². The summed E-state index contributed by atoms with van der Waals surface area (Å²) in [6.07, 6.45) is 0. The van der Waals surface area contributed by atoms with Gasteiger partial charge in [-0.15, -0.1) is 0 Å². The molecule has 0 aliphatic carbocycles. The lowest BCUT2D eigenvalue weighted by molar-refractivity contribution is -0.385. The zero-order chi connectivity index (χ0) is 17.0. The molecule has 1 N–H and O–H groups in total. The first-order valence-corrected chi connectivity index (χ1v) is 7.16. The van der Waals surface area contributed by atoms with Crippen LogP contribution < -0.4 is 10.1 Å². The van der Waals surface area contributed by atoms with Crippen molar-refractivity contribution in [2.75, 3.05) is 7.11 Å². The van der Waals surface area contributed by atoms with Crippen molar-refractivity contribution in [2.24, 2.45) is 0 Å². The van der Waals surface area contributed by atoms with E-state index in [0.717, 1.165) is 5.56 Å². The molecule has 2 aromatic rings. The molecule has 2 rings (SSSR count). The highest BCUT2D eigenvalue weighted by Crippen LogP contribution is 2.29. The number of carbonyl (C=O) groups excluding carboxylic acids is 1. The Kier molecular flexibility index (Phi) is 5.18. The van der Waals surface area contributed by atoms with E-state index in [2.05, 4.69) is 5.32 Å². The standard InChI is InChI=1S/C16H15ClN2O4/c1-10-14(19(21)22)7-12(8-15(10)23-2)16(20)18-9-11-4-3-5-13(17)6-11/h3-8H,9H2,1-2H3,(H,18,20).